The summed E-state index contributed by atoms with van der Waals surface area (Å²) in [5.74, 6) is -2.03. The van der Waals surface area contributed by atoms with Crippen molar-refractivity contribution in [2.24, 2.45) is 5.16 Å². The van der Waals surface area contributed by atoms with Crippen molar-refractivity contribution in [1.82, 2.24) is 0 Å². The summed E-state index contributed by atoms with van der Waals surface area (Å²) in [4.78, 5) is 31.7. The maximum Gasteiger partial charge on any atom is 0.230 e. The number of hydrogen-bond donors (Lipinski definition) is 0. The SMILES string of the molecule is Cc1c(C2=NOC(C)(C)C2=O)cccc1-c1ccc(C(=O)Cc2c(F)cccc2F)s1. The van der Waals surface area contributed by atoms with Crippen molar-refractivity contribution >= 4 is 28.6 Å². The molecule has 0 bridgehead atoms. The summed E-state index contributed by atoms with van der Waals surface area (Å²) in [7, 11) is 0. The fourth-order valence-corrected chi connectivity index (χ4v) is 4.47. The average Bonchev–Trinajstić information content (AvgIpc) is 3.31. The molecular formula is C24H19F2NO3S. The topological polar surface area (TPSA) is 55.7 Å². The molecule has 0 N–H and O–H groups in total. The van der Waals surface area contributed by atoms with E-state index in [9.17, 15) is 18.4 Å². The molecule has 0 amide bonds. The van der Waals surface area contributed by atoms with Crippen molar-refractivity contribution in [1.29, 1.82) is 0 Å². The molecule has 2 heterocycles. The molecule has 7 heteroatoms. The van der Waals surface area contributed by atoms with Crippen molar-refractivity contribution in [3.8, 4) is 10.4 Å². The third-order valence-electron chi connectivity index (χ3n) is 5.26. The predicted molar refractivity (Wildman–Crippen MR) is 116 cm³/mol. The van der Waals surface area contributed by atoms with Crippen LogP contribution in [0.15, 0.2) is 53.7 Å². The third kappa shape index (κ3) is 3.81. The first-order chi connectivity index (χ1) is 14.7. The third-order valence-corrected chi connectivity index (χ3v) is 6.42. The van der Waals surface area contributed by atoms with Crippen LogP contribution in [0.3, 0.4) is 0 Å². The van der Waals surface area contributed by atoms with Crippen molar-refractivity contribution < 1.29 is 23.2 Å². The highest BCUT2D eigenvalue weighted by Crippen LogP contribution is 2.34. The number of carbonyl (C=O) groups excluding carboxylic acids is 2. The van der Waals surface area contributed by atoms with Gasteiger partial charge in [0.2, 0.25) is 5.78 Å². The number of hydrogen-bond acceptors (Lipinski definition) is 5. The smallest absolute Gasteiger partial charge is 0.230 e. The molecule has 0 radical (unpaired) electrons. The second kappa shape index (κ2) is 7.81. The lowest BCUT2D eigenvalue weighted by Gasteiger charge is -2.13. The Morgan fingerprint density at radius 2 is 1.68 bits per heavy atom. The number of benzene rings is 2. The lowest BCUT2D eigenvalue weighted by molar-refractivity contribution is -0.128. The molecule has 0 unspecified atom stereocenters. The second-order valence-electron chi connectivity index (χ2n) is 7.81. The van der Waals surface area contributed by atoms with E-state index in [-0.39, 0.29) is 29.3 Å². The number of Topliss-reactive ketones (excluding diaryl/α,β-unsaturated/α-hetero) is 2. The Kier molecular flexibility index (Phi) is 5.31. The van der Waals surface area contributed by atoms with Gasteiger partial charge in [-0.3, -0.25) is 9.59 Å². The molecule has 3 aromatic rings. The Labute approximate surface area is 182 Å². The molecule has 0 saturated heterocycles. The maximum atomic E-state index is 13.9. The van der Waals surface area contributed by atoms with Gasteiger partial charge in [-0.25, -0.2) is 8.78 Å². The molecule has 4 rings (SSSR count). The van der Waals surface area contributed by atoms with Gasteiger partial charge in [-0.05, 0) is 56.2 Å². The Balaban J connectivity index is 1.63. The summed E-state index contributed by atoms with van der Waals surface area (Å²) in [5, 5.41) is 3.98. The van der Waals surface area contributed by atoms with Crippen LogP contribution < -0.4 is 0 Å². The number of oxime groups is 1. The van der Waals surface area contributed by atoms with E-state index in [1.165, 1.54) is 17.4 Å². The molecule has 158 valence electrons. The van der Waals surface area contributed by atoms with Crippen LogP contribution in [0.4, 0.5) is 8.78 Å². The van der Waals surface area contributed by atoms with Crippen molar-refractivity contribution in [3.63, 3.8) is 0 Å². The first-order valence-electron chi connectivity index (χ1n) is 9.66. The zero-order valence-electron chi connectivity index (χ0n) is 17.2. The molecule has 0 fully saturated rings. The van der Waals surface area contributed by atoms with E-state index in [0.717, 1.165) is 28.1 Å². The number of thiophene rings is 1. The zero-order chi connectivity index (χ0) is 22.3. The number of halogens is 2. The van der Waals surface area contributed by atoms with Gasteiger partial charge in [0.15, 0.2) is 17.1 Å². The van der Waals surface area contributed by atoms with Crippen molar-refractivity contribution in [2.75, 3.05) is 0 Å². The van der Waals surface area contributed by atoms with Gasteiger partial charge in [0.1, 0.15) is 11.6 Å². The summed E-state index contributed by atoms with van der Waals surface area (Å²) in [6.45, 7) is 5.21. The predicted octanol–water partition coefficient (Wildman–Crippen LogP) is 5.51. The number of carbonyl (C=O) groups is 2. The Morgan fingerprint density at radius 3 is 2.32 bits per heavy atom. The fraction of sp³-hybridized carbons (Fsp3) is 0.208. The van der Waals surface area contributed by atoms with Crippen LogP contribution in [0.2, 0.25) is 0 Å². The summed E-state index contributed by atoms with van der Waals surface area (Å²) in [5.41, 5.74) is 1.38. The van der Waals surface area contributed by atoms with E-state index >= 15 is 0 Å². The van der Waals surface area contributed by atoms with Crippen LogP contribution in [0.25, 0.3) is 10.4 Å². The molecular weight excluding hydrogens is 420 g/mol. The minimum absolute atomic E-state index is 0.193. The first-order valence-corrected chi connectivity index (χ1v) is 10.5. The first kappa shape index (κ1) is 21.1. The average molecular weight is 439 g/mol. The van der Waals surface area contributed by atoms with Crippen LogP contribution in [0.1, 0.15) is 40.2 Å². The quantitative estimate of drug-likeness (QED) is 0.493. The largest absolute Gasteiger partial charge is 0.381 e. The summed E-state index contributed by atoms with van der Waals surface area (Å²) < 4.78 is 27.8. The zero-order valence-corrected chi connectivity index (χ0v) is 18.0. The molecule has 1 aliphatic rings. The summed E-state index contributed by atoms with van der Waals surface area (Å²) in [6.07, 6.45) is -0.352. The van der Waals surface area contributed by atoms with E-state index in [2.05, 4.69) is 5.16 Å². The Hall–Kier alpha value is -3.19. The lowest BCUT2D eigenvalue weighted by atomic mass is 9.91. The number of ketones is 2. The Bertz CT molecular complexity index is 1220. The van der Waals surface area contributed by atoms with Crippen LogP contribution >= 0.6 is 11.3 Å². The van der Waals surface area contributed by atoms with Crippen molar-refractivity contribution in [3.05, 3.63) is 81.7 Å². The van der Waals surface area contributed by atoms with Crippen LogP contribution in [0.5, 0.6) is 0 Å². The van der Waals surface area contributed by atoms with Gasteiger partial charge in [-0.2, -0.15) is 0 Å². The molecule has 0 atom stereocenters. The number of nitrogens with zero attached hydrogens (tertiary/aromatic N) is 1. The van der Waals surface area contributed by atoms with Gasteiger partial charge >= 0.3 is 0 Å². The van der Waals surface area contributed by atoms with Gasteiger partial charge in [-0.15, -0.1) is 11.3 Å². The molecule has 4 nitrogen and oxygen atoms in total. The lowest BCUT2D eigenvalue weighted by Crippen LogP contribution is -2.33. The normalized spacial score (nSPS) is 15.0. The van der Waals surface area contributed by atoms with E-state index in [0.29, 0.717) is 10.4 Å². The molecule has 1 aliphatic heterocycles. The fourth-order valence-electron chi connectivity index (χ4n) is 3.44. The molecule has 0 spiro atoms. The molecule has 0 saturated carbocycles. The Morgan fingerprint density at radius 1 is 1.03 bits per heavy atom. The van der Waals surface area contributed by atoms with Gasteiger partial charge in [0.25, 0.3) is 0 Å². The van der Waals surface area contributed by atoms with E-state index < -0.39 is 17.2 Å². The molecule has 2 aromatic carbocycles. The van der Waals surface area contributed by atoms with E-state index in [1.807, 2.05) is 19.1 Å². The molecule has 1 aromatic heterocycles. The van der Waals surface area contributed by atoms with E-state index in [4.69, 9.17) is 4.84 Å². The highest BCUT2D eigenvalue weighted by molar-refractivity contribution is 7.17. The monoisotopic (exact) mass is 439 g/mol. The summed E-state index contributed by atoms with van der Waals surface area (Å²) in [6, 6.07) is 12.5. The maximum absolute atomic E-state index is 13.9. The van der Waals surface area contributed by atoms with Crippen LogP contribution in [-0.2, 0) is 16.1 Å². The standard InChI is InChI=1S/C24H19F2NO3S/c1-13-14(6-4-7-15(13)22-23(29)24(2,3)30-27-22)20-10-11-21(31-20)19(28)12-16-17(25)8-5-9-18(16)26/h4-11H,12H2,1-3H3. The molecule has 31 heavy (non-hydrogen) atoms. The highest BCUT2D eigenvalue weighted by Gasteiger charge is 2.40. The van der Waals surface area contributed by atoms with Gasteiger partial charge < -0.3 is 4.84 Å². The highest BCUT2D eigenvalue weighted by atomic mass is 32.1. The van der Waals surface area contributed by atoms with Gasteiger partial charge in [-0.1, -0.05) is 29.4 Å². The molecule has 0 aliphatic carbocycles. The van der Waals surface area contributed by atoms with Crippen LogP contribution in [-0.4, -0.2) is 22.9 Å². The van der Waals surface area contributed by atoms with Gasteiger partial charge in [0.05, 0.1) is 4.88 Å². The summed E-state index contributed by atoms with van der Waals surface area (Å²) >= 11 is 1.24. The number of rotatable bonds is 5. The minimum atomic E-state index is -0.998. The second-order valence-corrected chi connectivity index (χ2v) is 8.90. The van der Waals surface area contributed by atoms with E-state index in [1.54, 1.807) is 32.0 Å². The van der Waals surface area contributed by atoms with Crippen molar-refractivity contribution in [2.45, 2.75) is 32.8 Å². The van der Waals surface area contributed by atoms with Gasteiger partial charge in [0, 0.05) is 22.4 Å². The minimum Gasteiger partial charge on any atom is -0.381 e. The van der Waals surface area contributed by atoms with Crippen LogP contribution in [0, 0.1) is 18.6 Å².